The molecule has 0 saturated heterocycles. The number of aliphatic hydroxyl groups excluding tert-OH is 1. The van der Waals surface area contributed by atoms with E-state index in [0.717, 1.165) is 24.8 Å². The minimum absolute atomic E-state index is 0.0466. The first-order valence-electron chi connectivity index (χ1n) is 12.0. The average Bonchev–Trinajstić information content (AvgIpc) is 3.02. The summed E-state index contributed by atoms with van der Waals surface area (Å²) in [6, 6.07) is 5.34. The largest absolute Gasteiger partial charge is 0.506 e. The van der Waals surface area contributed by atoms with Crippen LogP contribution in [0.3, 0.4) is 0 Å². The van der Waals surface area contributed by atoms with Crippen molar-refractivity contribution in [1.29, 1.82) is 0 Å². The number of rotatable bonds is 17. The van der Waals surface area contributed by atoms with Gasteiger partial charge in [-0.25, -0.2) is 9.78 Å². The lowest BCUT2D eigenvalue weighted by molar-refractivity contribution is -0.335. The van der Waals surface area contributed by atoms with E-state index in [2.05, 4.69) is 13.8 Å². The molecular weight excluding hydrogens is 408 g/mol. The zero-order chi connectivity index (χ0) is 22.5. The summed E-state index contributed by atoms with van der Waals surface area (Å²) in [4.78, 5) is 23.6. The Morgan fingerprint density at radius 2 is 1.55 bits per heavy atom. The molecule has 0 spiro atoms. The highest BCUT2D eigenvalue weighted by atomic mass is 32.1. The summed E-state index contributed by atoms with van der Waals surface area (Å²) in [7, 11) is 0. The van der Waals surface area contributed by atoms with Crippen LogP contribution in [0.2, 0.25) is 0 Å². The van der Waals surface area contributed by atoms with Gasteiger partial charge in [0.15, 0.2) is 5.78 Å². The van der Waals surface area contributed by atoms with Gasteiger partial charge in [0.25, 0.3) is 0 Å². The molecular formula is C26H38O4S. The fourth-order valence-electron chi connectivity index (χ4n) is 3.97. The Morgan fingerprint density at radius 1 is 0.935 bits per heavy atom. The van der Waals surface area contributed by atoms with E-state index >= 15 is 0 Å². The first kappa shape index (κ1) is 25.7. The minimum atomic E-state index is -0.225. The van der Waals surface area contributed by atoms with E-state index in [-0.39, 0.29) is 29.8 Å². The van der Waals surface area contributed by atoms with Crippen molar-refractivity contribution in [2.24, 2.45) is 0 Å². The summed E-state index contributed by atoms with van der Waals surface area (Å²) >= 11 is 4.85. The topological polar surface area (TPSA) is 55.8 Å². The molecule has 0 saturated carbocycles. The van der Waals surface area contributed by atoms with Crippen LogP contribution in [0.4, 0.5) is 0 Å². The van der Waals surface area contributed by atoms with Gasteiger partial charge in [-0.05, 0) is 30.5 Å². The third-order valence-corrected chi connectivity index (χ3v) is 6.13. The van der Waals surface area contributed by atoms with Gasteiger partial charge in [-0.3, -0.25) is 4.79 Å². The number of thiocarbonyl (C=S) groups is 1. The molecule has 2 rings (SSSR count). The monoisotopic (exact) mass is 446 g/mol. The zero-order valence-corrected chi connectivity index (χ0v) is 20.0. The molecule has 4 nitrogen and oxygen atoms in total. The number of allylic oxidation sites excluding steroid dienone is 1. The standard InChI is InChI=1S/C26H38O4S/c1-3-5-7-9-10-12-14-21(13-11-8-6-4-2)30-29-18-20-15-16-22-23(17-20)26(28)24(19-31)25(22)27/h15-17,19,21,28H,3-14,18H2,1-2H3. The van der Waals surface area contributed by atoms with E-state index in [9.17, 15) is 9.90 Å². The number of hydrogen-bond donors (Lipinski definition) is 1. The second-order valence-electron chi connectivity index (χ2n) is 8.48. The number of unbranched alkanes of at least 4 members (excludes halogenated alkanes) is 8. The van der Waals surface area contributed by atoms with Gasteiger partial charge in [0.05, 0.1) is 11.7 Å². The maximum Gasteiger partial charge on any atom is 0.198 e. The molecule has 0 fully saturated rings. The summed E-state index contributed by atoms with van der Waals surface area (Å²) in [5.74, 6) is -0.271. The van der Waals surface area contributed by atoms with Gasteiger partial charge in [0, 0.05) is 16.5 Å². The predicted molar refractivity (Wildman–Crippen MR) is 130 cm³/mol. The van der Waals surface area contributed by atoms with E-state index in [1.165, 1.54) is 63.2 Å². The Balaban J connectivity index is 1.83. The Kier molecular flexibility index (Phi) is 12.0. The lowest BCUT2D eigenvalue weighted by Crippen LogP contribution is -2.14. The molecule has 0 heterocycles. The van der Waals surface area contributed by atoms with Crippen molar-refractivity contribution in [1.82, 2.24) is 0 Å². The number of carbonyl (C=O) groups is 1. The molecule has 0 aliphatic heterocycles. The Labute approximate surface area is 193 Å². The fraction of sp³-hybridized carbons (Fsp3) is 0.615. The van der Waals surface area contributed by atoms with Crippen LogP contribution < -0.4 is 0 Å². The number of benzene rings is 1. The van der Waals surface area contributed by atoms with Crippen molar-refractivity contribution in [3.63, 3.8) is 0 Å². The highest BCUT2D eigenvalue weighted by Gasteiger charge is 2.28. The molecule has 0 amide bonds. The number of hydrogen-bond acceptors (Lipinski definition) is 5. The van der Waals surface area contributed by atoms with Crippen LogP contribution in [0.5, 0.6) is 0 Å². The van der Waals surface area contributed by atoms with E-state index in [1.807, 2.05) is 6.07 Å². The molecule has 5 heteroatoms. The molecule has 1 N–H and O–H groups in total. The van der Waals surface area contributed by atoms with Crippen LogP contribution in [0.25, 0.3) is 5.76 Å². The summed E-state index contributed by atoms with van der Waals surface area (Å²) in [6.07, 6.45) is 14.7. The van der Waals surface area contributed by atoms with Crippen molar-refractivity contribution in [2.45, 2.75) is 104 Å². The van der Waals surface area contributed by atoms with Crippen molar-refractivity contribution in [3.8, 4) is 0 Å². The lowest BCUT2D eigenvalue weighted by Gasteiger charge is -2.17. The van der Waals surface area contributed by atoms with E-state index < -0.39 is 0 Å². The fourth-order valence-corrected chi connectivity index (χ4v) is 4.19. The molecule has 1 aromatic rings. The maximum atomic E-state index is 12.2. The molecule has 0 aromatic heterocycles. The number of ketones is 1. The SMILES string of the molecule is CCCCCCCCC(CCCCCC)OOCc1ccc2c(c1)C(O)=C(C=S)C2=O. The second kappa shape index (κ2) is 14.5. The molecule has 1 unspecified atom stereocenters. The van der Waals surface area contributed by atoms with Gasteiger partial charge in [0.1, 0.15) is 12.4 Å². The number of Topliss-reactive ketones (excluding diaryl/α,β-unsaturated/α-hetero) is 1. The van der Waals surface area contributed by atoms with E-state index in [4.69, 9.17) is 22.0 Å². The van der Waals surface area contributed by atoms with Gasteiger partial charge < -0.3 is 5.11 Å². The third kappa shape index (κ3) is 8.13. The zero-order valence-electron chi connectivity index (χ0n) is 19.2. The van der Waals surface area contributed by atoms with Crippen LogP contribution in [0, 0.1) is 0 Å². The first-order valence-corrected chi connectivity index (χ1v) is 12.4. The van der Waals surface area contributed by atoms with Gasteiger partial charge in [-0.15, -0.1) is 0 Å². The summed E-state index contributed by atoms with van der Waals surface area (Å²) in [5.41, 5.74) is 2.04. The maximum absolute atomic E-state index is 12.2. The number of fused-ring (bicyclic) bond motifs is 1. The molecule has 1 aliphatic carbocycles. The van der Waals surface area contributed by atoms with Gasteiger partial charge in [0.2, 0.25) is 0 Å². The van der Waals surface area contributed by atoms with E-state index in [1.54, 1.807) is 12.1 Å². The highest BCUT2D eigenvalue weighted by Crippen LogP contribution is 2.31. The summed E-state index contributed by atoms with van der Waals surface area (Å²) in [6.45, 7) is 4.74. The van der Waals surface area contributed by atoms with Crippen molar-refractivity contribution in [2.75, 3.05) is 0 Å². The quantitative estimate of drug-likeness (QED) is 0.115. The van der Waals surface area contributed by atoms with Gasteiger partial charge >= 0.3 is 0 Å². The highest BCUT2D eigenvalue weighted by molar-refractivity contribution is 7.79. The molecule has 172 valence electrons. The molecule has 31 heavy (non-hydrogen) atoms. The Bertz CT molecular complexity index is 741. The van der Waals surface area contributed by atoms with Crippen molar-refractivity contribution in [3.05, 3.63) is 40.5 Å². The van der Waals surface area contributed by atoms with Crippen molar-refractivity contribution >= 4 is 29.1 Å². The summed E-state index contributed by atoms with van der Waals surface area (Å²) < 4.78 is 0. The van der Waals surface area contributed by atoms with E-state index in [0.29, 0.717) is 11.1 Å². The Morgan fingerprint density at radius 3 is 2.19 bits per heavy atom. The first-order chi connectivity index (χ1) is 15.1. The molecule has 1 aliphatic rings. The molecule has 0 radical (unpaired) electrons. The van der Waals surface area contributed by atoms with Crippen molar-refractivity contribution < 1.29 is 19.7 Å². The molecule has 1 aromatic carbocycles. The minimum Gasteiger partial charge on any atom is -0.506 e. The normalized spacial score (nSPS) is 14.2. The molecule has 0 bridgehead atoms. The van der Waals surface area contributed by atoms with Gasteiger partial charge in [-0.2, -0.15) is 0 Å². The number of aliphatic hydroxyl groups is 1. The Hall–Kier alpha value is -1.56. The van der Waals surface area contributed by atoms with Crippen LogP contribution in [-0.2, 0) is 16.4 Å². The van der Waals surface area contributed by atoms with Crippen LogP contribution in [-0.4, -0.2) is 22.4 Å². The number of carbonyl (C=O) groups excluding carboxylic acids is 1. The summed E-state index contributed by atoms with van der Waals surface area (Å²) in [5, 5.41) is 11.5. The van der Waals surface area contributed by atoms with Crippen LogP contribution in [0.15, 0.2) is 23.8 Å². The third-order valence-electron chi connectivity index (χ3n) is 5.89. The van der Waals surface area contributed by atoms with Gasteiger partial charge in [-0.1, -0.05) is 96.3 Å². The lowest BCUT2D eigenvalue weighted by atomic mass is 10.0. The average molecular weight is 447 g/mol. The second-order valence-corrected chi connectivity index (χ2v) is 8.71. The van der Waals surface area contributed by atoms with Crippen LogP contribution >= 0.6 is 12.2 Å². The molecule has 1 atom stereocenters. The van der Waals surface area contributed by atoms with Crippen LogP contribution in [0.1, 0.15) is 112 Å². The predicted octanol–water partition coefficient (Wildman–Crippen LogP) is 7.69. The smallest absolute Gasteiger partial charge is 0.198 e.